The third-order valence-electron chi connectivity index (χ3n) is 3.44. The number of benzene rings is 2. The van der Waals surface area contributed by atoms with Gasteiger partial charge in [-0.3, -0.25) is 14.9 Å². The van der Waals surface area contributed by atoms with Gasteiger partial charge in [0.05, 0.1) is 21.7 Å². The molecule has 0 spiro atoms. The summed E-state index contributed by atoms with van der Waals surface area (Å²) in [5, 5.41) is 12.1. The van der Waals surface area contributed by atoms with Crippen LogP contribution in [0, 0.1) is 10.1 Å². The number of carbonyl (C=O) groups excluding carboxylic acids is 1. The highest BCUT2D eigenvalue weighted by molar-refractivity contribution is 7.18. The Balaban J connectivity index is 1.86. The molecular formula is C16H12ClN3O3S. The molecule has 0 radical (unpaired) electrons. The predicted octanol–water partition coefficient (Wildman–Crippen LogP) is 4.13. The molecule has 8 heteroatoms. The van der Waals surface area contributed by atoms with Crippen molar-refractivity contribution in [1.29, 1.82) is 0 Å². The first-order valence-electron chi connectivity index (χ1n) is 6.99. The van der Waals surface area contributed by atoms with E-state index in [-0.39, 0.29) is 22.8 Å². The van der Waals surface area contributed by atoms with E-state index in [1.807, 2.05) is 24.3 Å². The number of carbonyl (C=O) groups is 1. The van der Waals surface area contributed by atoms with Crippen LogP contribution in [0.3, 0.4) is 0 Å². The zero-order valence-electron chi connectivity index (χ0n) is 12.6. The second kappa shape index (κ2) is 6.54. The smallest absolute Gasteiger partial charge is 0.283 e. The second-order valence-corrected chi connectivity index (χ2v) is 6.71. The quantitative estimate of drug-likeness (QED) is 0.517. The van der Waals surface area contributed by atoms with Crippen molar-refractivity contribution < 1.29 is 9.72 Å². The van der Waals surface area contributed by atoms with Gasteiger partial charge in [-0.2, -0.15) is 0 Å². The van der Waals surface area contributed by atoms with E-state index >= 15 is 0 Å². The first-order valence-corrected chi connectivity index (χ1v) is 8.19. The van der Waals surface area contributed by atoms with Crippen molar-refractivity contribution in [3.63, 3.8) is 0 Å². The molecule has 0 bridgehead atoms. The number of hydrogen-bond donors (Lipinski definition) is 0. The third-order valence-corrected chi connectivity index (χ3v) is 4.70. The van der Waals surface area contributed by atoms with Gasteiger partial charge in [0.15, 0.2) is 0 Å². The largest absolute Gasteiger partial charge is 0.335 e. The normalized spacial score (nSPS) is 10.8. The maximum atomic E-state index is 12.6. The molecule has 0 aliphatic heterocycles. The molecule has 2 aromatic carbocycles. The number of nitro benzene ring substituents is 1. The molecular weight excluding hydrogens is 350 g/mol. The molecule has 0 aliphatic carbocycles. The number of nitro groups is 1. The lowest BCUT2D eigenvalue weighted by atomic mass is 10.1. The van der Waals surface area contributed by atoms with Crippen molar-refractivity contribution in [2.75, 3.05) is 7.05 Å². The van der Waals surface area contributed by atoms with Crippen LogP contribution < -0.4 is 0 Å². The Hall–Kier alpha value is -2.51. The molecule has 0 atom stereocenters. The summed E-state index contributed by atoms with van der Waals surface area (Å²) in [6, 6.07) is 11.7. The van der Waals surface area contributed by atoms with Gasteiger partial charge in [0.1, 0.15) is 10.6 Å². The second-order valence-electron chi connectivity index (χ2n) is 5.16. The van der Waals surface area contributed by atoms with Crippen molar-refractivity contribution in [3.8, 4) is 0 Å². The van der Waals surface area contributed by atoms with Crippen LogP contribution >= 0.6 is 22.9 Å². The molecule has 1 aromatic heterocycles. The molecule has 3 aromatic rings. The SMILES string of the molecule is CN(Cc1nc2ccccc2s1)C(=O)c1ccc(Cl)cc1[N+](=O)[O-]. The highest BCUT2D eigenvalue weighted by Gasteiger charge is 2.24. The summed E-state index contributed by atoms with van der Waals surface area (Å²) in [4.78, 5) is 29.0. The summed E-state index contributed by atoms with van der Waals surface area (Å²) < 4.78 is 1.03. The van der Waals surface area contributed by atoms with Crippen molar-refractivity contribution >= 4 is 44.7 Å². The number of hydrogen-bond acceptors (Lipinski definition) is 5. The number of nitrogens with zero attached hydrogens (tertiary/aromatic N) is 3. The zero-order valence-corrected chi connectivity index (χ0v) is 14.2. The lowest BCUT2D eigenvalue weighted by molar-refractivity contribution is -0.385. The average molecular weight is 362 g/mol. The van der Waals surface area contributed by atoms with Crippen LogP contribution in [0.4, 0.5) is 5.69 Å². The average Bonchev–Trinajstić information content (AvgIpc) is 2.96. The van der Waals surface area contributed by atoms with Crippen molar-refractivity contribution in [2.24, 2.45) is 0 Å². The molecule has 1 heterocycles. The van der Waals surface area contributed by atoms with E-state index in [2.05, 4.69) is 4.98 Å². The van der Waals surface area contributed by atoms with Gasteiger partial charge >= 0.3 is 0 Å². The number of halogens is 1. The maximum Gasteiger partial charge on any atom is 0.283 e. The van der Waals surface area contributed by atoms with E-state index in [0.717, 1.165) is 15.2 Å². The minimum atomic E-state index is -0.607. The molecule has 0 saturated heterocycles. The number of para-hydroxylation sites is 1. The van der Waals surface area contributed by atoms with Gasteiger partial charge in [-0.1, -0.05) is 23.7 Å². The lowest BCUT2D eigenvalue weighted by Crippen LogP contribution is -2.26. The van der Waals surface area contributed by atoms with E-state index in [4.69, 9.17) is 11.6 Å². The van der Waals surface area contributed by atoms with Gasteiger partial charge in [-0.25, -0.2) is 4.98 Å². The Morgan fingerprint density at radius 3 is 2.79 bits per heavy atom. The van der Waals surface area contributed by atoms with Crippen LogP contribution in [0.2, 0.25) is 5.02 Å². The fraction of sp³-hybridized carbons (Fsp3) is 0.125. The fourth-order valence-corrected chi connectivity index (χ4v) is 3.49. The van der Waals surface area contributed by atoms with Crippen LogP contribution in [-0.2, 0) is 6.54 Å². The van der Waals surface area contributed by atoms with Gasteiger partial charge in [-0.15, -0.1) is 11.3 Å². The van der Waals surface area contributed by atoms with E-state index in [1.54, 1.807) is 7.05 Å². The molecule has 24 heavy (non-hydrogen) atoms. The maximum absolute atomic E-state index is 12.6. The highest BCUT2D eigenvalue weighted by atomic mass is 35.5. The summed E-state index contributed by atoms with van der Waals surface area (Å²) in [5.41, 5.74) is 0.576. The van der Waals surface area contributed by atoms with E-state index in [9.17, 15) is 14.9 Å². The number of amides is 1. The van der Waals surface area contributed by atoms with Gasteiger partial charge < -0.3 is 4.90 Å². The van der Waals surface area contributed by atoms with Crippen LogP contribution in [-0.4, -0.2) is 27.8 Å². The van der Waals surface area contributed by atoms with Crippen molar-refractivity contribution in [3.05, 3.63) is 68.2 Å². The predicted molar refractivity (Wildman–Crippen MR) is 93.5 cm³/mol. The molecule has 122 valence electrons. The Morgan fingerprint density at radius 1 is 1.33 bits per heavy atom. The van der Waals surface area contributed by atoms with Crippen LogP contribution in [0.15, 0.2) is 42.5 Å². The Kier molecular flexibility index (Phi) is 4.46. The third kappa shape index (κ3) is 3.22. The Labute approximate surface area is 146 Å². The summed E-state index contributed by atoms with van der Waals surface area (Å²) in [7, 11) is 1.59. The Morgan fingerprint density at radius 2 is 2.08 bits per heavy atom. The molecule has 0 saturated carbocycles. The van der Waals surface area contributed by atoms with Gasteiger partial charge in [0, 0.05) is 18.1 Å². The van der Waals surface area contributed by atoms with Crippen molar-refractivity contribution in [1.82, 2.24) is 9.88 Å². The van der Waals surface area contributed by atoms with Gasteiger partial charge in [0.2, 0.25) is 0 Å². The lowest BCUT2D eigenvalue weighted by Gasteiger charge is -2.15. The summed E-state index contributed by atoms with van der Waals surface area (Å²) in [5.74, 6) is -0.447. The minimum Gasteiger partial charge on any atom is -0.335 e. The standard InChI is InChI=1S/C16H12ClN3O3S/c1-19(9-15-18-12-4-2-3-5-14(12)24-15)16(21)11-7-6-10(17)8-13(11)20(22)23/h2-8H,9H2,1H3. The Bertz CT molecular complexity index is 908. The molecule has 1 amide bonds. The molecule has 0 aliphatic rings. The van der Waals surface area contributed by atoms with Crippen LogP contribution in [0.1, 0.15) is 15.4 Å². The summed E-state index contributed by atoms with van der Waals surface area (Å²) in [6.45, 7) is 0.276. The van der Waals surface area contributed by atoms with Crippen LogP contribution in [0.25, 0.3) is 10.2 Å². The van der Waals surface area contributed by atoms with E-state index in [0.29, 0.717) is 0 Å². The molecule has 0 fully saturated rings. The molecule has 3 rings (SSSR count). The first kappa shape index (κ1) is 16.4. The molecule has 0 N–H and O–H groups in total. The number of aromatic nitrogens is 1. The first-order chi connectivity index (χ1) is 11.5. The number of rotatable bonds is 4. The minimum absolute atomic E-state index is 0.00742. The van der Waals surface area contributed by atoms with E-state index in [1.165, 1.54) is 34.4 Å². The molecule has 6 nitrogen and oxygen atoms in total. The number of thiazole rings is 1. The number of fused-ring (bicyclic) bond motifs is 1. The topological polar surface area (TPSA) is 76.3 Å². The van der Waals surface area contributed by atoms with Gasteiger partial charge in [0.25, 0.3) is 11.6 Å². The monoisotopic (exact) mass is 361 g/mol. The highest BCUT2D eigenvalue weighted by Crippen LogP contribution is 2.26. The van der Waals surface area contributed by atoms with E-state index < -0.39 is 10.8 Å². The van der Waals surface area contributed by atoms with Crippen LogP contribution in [0.5, 0.6) is 0 Å². The van der Waals surface area contributed by atoms with Crippen molar-refractivity contribution in [2.45, 2.75) is 6.54 Å². The molecule has 0 unspecified atom stereocenters. The zero-order chi connectivity index (χ0) is 17.3. The summed E-state index contributed by atoms with van der Waals surface area (Å²) in [6.07, 6.45) is 0. The summed E-state index contributed by atoms with van der Waals surface area (Å²) >= 11 is 7.27. The van der Waals surface area contributed by atoms with Gasteiger partial charge in [-0.05, 0) is 24.3 Å². The fourth-order valence-electron chi connectivity index (χ4n) is 2.30.